The number of benzene rings is 1. The average Bonchev–Trinajstić information content (AvgIpc) is 2.75. The molecule has 0 saturated carbocycles. The van der Waals surface area contributed by atoms with E-state index in [1.807, 2.05) is 12.3 Å². The second-order valence-corrected chi connectivity index (χ2v) is 4.37. The van der Waals surface area contributed by atoms with E-state index in [2.05, 4.69) is 11.2 Å². The summed E-state index contributed by atoms with van der Waals surface area (Å²) in [6, 6.07) is 7.42. The Morgan fingerprint density at radius 2 is 2.18 bits per heavy atom. The topological polar surface area (TPSA) is 41.6 Å². The van der Waals surface area contributed by atoms with Crippen LogP contribution in [0.3, 0.4) is 0 Å². The molecule has 0 fully saturated rings. The molecule has 1 heterocycles. The summed E-state index contributed by atoms with van der Waals surface area (Å²) in [6.07, 6.45) is 4.04. The van der Waals surface area contributed by atoms with Gasteiger partial charge in [0.2, 0.25) is 0 Å². The van der Waals surface area contributed by atoms with Crippen molar-refractivity contribution < 1.29 is 0 Å². The standard InChI is InChI=1S/C12H9Cl2N3/c13-10-2-3-11(12(14)6-10)9-7-16-17(8-9)5-1-4-15/h2-3,6-8H,1,5H2. The Morgan fingerprint density at radius 1 is 1.35 bits per heavy atom. The SMILES string of the molecule is N#CCCn1cc(-c2ccc(Cl)cc2Cl)cn1. The highest BCUT2D eigenvalue weighted by molar-refractivity contribution is 6.36. The average molecular weight is 266 g/mol. The molecule has 0 atom stereocenters. The number of aromatic nitrogens is 2. The molecule has 2 rings (SSSR count). The van der Waals surface area contributed by atoms with E-state index in [0.29, 0.717) is 23.0 Å². The van der Waals surface area contributed by atoms with E-state index < -0.39 is 0 Å². The molecule has 2 aromatic rings. The lowest BCUT2D eigenvalue weighted by Crippen LogP contribution is -1.96. The first-order chi connectivity index (χ1) is 8.20. The zero-order valence-corrected chi connectivity index (χ0v) is 10.4. The molecule has 0 amide bonds. The number of rotatable bonds is 3. The van der Waals surface area contributed by atoms with Gasteiger partial charge in [-0.05, 0) is 12.1 Å². The molecule has 1 aromatic heterocycles. The fraction of sp³-hybridized carbons (Fsp3) is 0.167. The van der Waals surface area contributed by atoms with Crippen molar-refractivity contribution in [3.05, 3.63) is 40.6 Å². The number of nitriles is 1. The van der Waals surface area contributed by atoms with Crippen molar-refractivity contribution in [2.24, 2.45) is 0 Å². The molecule has 0 unspecified atom stereocenters. The highest BCUT2D eigenvalue weighted by Gasteiger charge is 2.06. The molecule has 86 valence electrons. The van der Waals surface area contributed by atoms with Crippen LogP contribution in [0.15, 0.2) is 30.6 Å². The minimum Gasteiger partial charge on any atom is -0.271 e. The number of aryl methyl sites for hydroxylation is 1. The molecule has 0 saturated heterocycles. The molecule has 0 radical (unpaired) electrons. The zero-order valence-electron chi connectivity index (χ0n) is 8.90. The van der Waals surface area contributed by atoms with Gasteiger partial charge in [-0.3, -0.25) is 4.68 Å². The highest BCUT2D eigenvalue weighted by Crippen LogP contribution is 2.29. The van der Waals surface area contributed by atoms with E-state index in [1.165, 1.54) is 0 Å². The molecule has 0 N–H and O–H groups in total. The summed E-state index contributed by atoms with van der Waals surface area (Å²) in [5, 5.41) is 13.9. The van der Waals surface area contributed by atoms with Gasteiger partial charge in [-0.15, -0.1) is 0 Å². The number of hydrogen-bond acceptors (Lipinski definition) is 2. The molecular weight excluding hydrogens is 257 g/mol. The lowest BCUT2D eigenvalue weighted by molar-refractivity contribution is 0.628. The maximum absolute atomic E-state index is 8.50. The van der Waals surface area contributed by atoms with Crippen LogP contribution in [0.25, 0.3) is 11.1 Å². The van der Waals surface area contributed by atoms with Gasteiger partial charge in [0, 0.05) is 27.4 Å². The van der Waals surface area contributed by atoms with Crippen LogP contribution in [-0.4, -0.2) is 9.78 Å². The van der Waals surface area contributed by atoms with Crippen LogP contribution in [-0.2, 0) is 6.54 Å². The fourth-order valence-electron chi connectivity index (χ4n) is 1.51. The van der Waals surface area contributed by atoms with Gasteiger partial charge in [0.15, 0.2) is 0 Å². The predicted octanol–water partition coefficient (Wildman–Crippen LogP) is 3.77. The zero-order chi connectivity index (χ0) is 12.3. The number of hydrogen-bond donors (Lipinski definition) is 0. The van der Waals surface area contributed by atoms with Gasteiger partial charge in [0.25, 0.3) is 0 Å². The first kappa shape index (κ1) is 12.0. The summed E-state index contributed by atoms with van der Waals surface area (Å²) in [5.41, 5.74) is 1.81. The maximum Gasteiger partial charge on any atom is 0.0641 e. The summed E-state index contributed by atoms with van der Waals surface area (Å²) in [5.74, 6) is 0. The second-order valence-electron chi connectivity index (χ2n) is 3.52. The van der Waals surface area contributed by atoms with E-state index in [-0.39, 0.29) is 0 Å². The third kappa shape index (κ3) is 2.79. The van der Waals surface area contributed by atoms with Gasteiger partial charge < -0.3 is 0 Å². The highest BCUT2D eigenvalue weighted by atomic mass is 35.5. The molecule has 17 heavy (non-hydrogen) atoms. The quantitative estimate of drug-likeness (QED) is 0.848. The second kappa shape index (κ2) is 5.22. The van der Waals surface area contributed by atoms with Crippen molar-refractivity contribution in [3.63, 3.8) is 0 Å². The van der Waals surface area contributed by atoms with Crippen LogP contribution in [0.4, 0.5) is 0 Å². The normalized spacial score (nSPS) is 10.2. The smallest absolute Gasteiger partial charge is 0.0641 e. The lowest BCUT2D eigenvalue weighted by Gasteiger charge is -2.01. The first-order valence-corrected chi connectivity index (χ1v) is 5.81. The Labute approximate surface area is 109 Å². The van der Waals surface area contributed by atoms with Gasteiger partial charge in [-0.2, -0.15) is 10.4 Å². The lowest BCUT2D eigenvalue weighted by atomic mass is 10.1. The Hall–Kier alpha value is -1.50. The van der Waals surface area contributed by atoms with Crippen LogP contribution in [0, 0.1) is 11.3 Å². The van der Waals surface area contributed by atoms with Crippen LogP contribution in [0.5, 0.6) is 0 Å². The number of nitrogens with zero attached hydrogens (tertiary/aromatic N) is 3. The van der Waals surface area contributed by atoms with Crippen LogP contribution < -0.4 is 0 Å². The predicted molar refractivity (Wildman–Crippen MR) is 67.9 cm³/mol. The third-order valence-electron chi connectivity index (χ3n) is 2.33. The van der Waals surface area contributed by atoms with E-state index in [1.54, 1.807) is 23.0 Å². The Balaban J connectivity index is 2.28. The molecular formula is C12H9Cl2N3. The Kier molecular flexibility index (Phi) is 3.68. The minimum atomic E-state index is 0.440. The summed E-state index contributed by atoms with van der Waals surface area (Å²) in [7, 11) is 0. The van der Waals surface area contributed by atoms with E-state index in [0.717, 1.165) is 11.1 Å². The molecule has 5 heteroatoms. The fourth-order valence-corrected chi connectivity index (χ4v) is 2.03. The monoisotopic (exact) mass is 265 g/mol. The van der Waals surface area contributed by atoms with Crippen LogP contribution in [0.2, 0.25) is 10.0 Å². The molecule has 0 aliphatic carbocycles. The minimum absolute atomic E-state index is 0.440. The van der Waals surface area contributed by atoms with Crippen molar-refractivity contribution >= 4 is 23.2 Å². The van der Waals surface area contributed by atoms with Gasteiger partial charge in [-0.1, -0.05) is 29.3 Å². The van der Waals surface area contributed by atoms with Crippen molar-refractivity contribution in [3.8, 4) is 17.2 Å². The van der Waals surface area contributed by atoms with Crippen molar-refractivity contribution in [1.82, 2.24) is 9.78 Å². The molecule has 1 aromatic carbocycles. The maximum atomic E-state index is 8.50. The van der Waals surface area contributed by atoms with E-state index >= 15 is 0 Å². The molecule has 3 nitrogen and oxygen atoms in total. The van der Waals surface area contributed by atoms with Gasteiger partial charge in [-0.25, -0.2) is 0 Å². The number of halogens is 2. The van der Waals surface area contributed by atoms with E-state index in [9.17, 15) is 0 Å². The van der Waals surface area contributed by atoms with Gasteiger partial charge in [0.05, 0.1) is 25.2 Å². The van der Waals surface area contributed by atoms with Crippen molar-refractivity contribution in [2.45, 2.75) is 13.0 Å². The summed E-state index contributed by atoms with van der Waals surface area (Å²) >= 11 is 11.9. The summed E-state index contributed by atoms with van der Waals surface area (Å²) in [6.45, 7) is 0.585. The third-order valence-corrected chi connectivity index (χ3v) is 2.88. The van der Waals surface area contributed by atoms with Crippen molar-refractivity contribution in [1.29, 1.82) is 5.26 Å². The largest absolute Gasteiger partial charge is 0.271 e. The molecule has 0 bridgehead atoms. The molecule has 0 spiro atoms. The Bertz CT molecular complexity index is 569. The molecule has 0 aliphatic heterocycles. The van der Waals surface area contributed by atoms with Crippen LogP contribution in [0.1, 0.15) is 6.42 Å². The first-order valence-electron chi connectivity index (χ1n) is 5.05. The van der Waals surface area contributed by atoms with Gasteiger partial charge in [0.1, 0.15) is 0 Å². The summed E-state index contributed by atoms with van der Waals surface area (Å²) < 4.78 is 1.73. The summed E-state index contributed by atoms with van der Waals surface area (Å²) in [4.78, 5) is 0. The van der Waals surface area contributed by atoms with Crippen LogP contribution >= 0.6 is 23.2 Å². The van der Waals surface area contributed by atoms with E-state index in [4.69, 9.17) is 28.5 Å². The van der Waals surface area contributed by atoms with Crippen molar-refractivity contribution in [2.75, 3.05) is 0 Å². The molecule has 0 aliphatic rings. The Morgan fingerprint density at radius 3 is 2.88 bits per heavy atom. The van der Waals surface area contributed by atoms with Gasteiger partial charge >= 0.3 is 0 Å².